The predicted molar refractivity (Wildman–Crippen MR) is 70.6 cm³/mol. The van der Waals surface area contributed by atoms with Crippen molar-refractivity contribution < 1.29 is 4.74 Å². The maximum Gasteiger partial charge on any atom is 0.268 e. The number of pyridine rings is 1. The summed E-state index contributed by atoms with van der Waals surface area (Å²) in [6, 6.07) is 3.85. The molecule has 4 nitrogen and oxygen atoms in total. The van der Waals surface area contributed by atoms with Crippen LogP contribution in [0, 0.1) is 25.2 Å². The summed E-state index contributed by atoms with van der Waals surface area (Å²) < 4.78 is 7.09. The molecule has 0 aliphatic rings. The topological polar surface area (TPSA) is 55.0 Å². The summed E-state index contributed by atoms with van der Waals surface area (Å²) in [5, 5.41) is 8.97. The molecule has 0 spiro atoms. The van der Waals surface area contributed by atoms with Gasteiger partial charge < -0.3 is 9.30 Å². The van der Waals surface area contributed by atoms with Crippen LogP contribution in [0.1, 0.15) is 37.1 Å². The zero-order valence-electron chi connectivity index (χ0n) is 11.5. The van der Waals surface area contributed by atoms with E-state index in [1.165, 1.54) is 0 Å². The molecule has 0 saturated carbocycles. The molecule has 1 rings (SSSR count). The van der Waals surface area contributed by atoms with E-state index in [0.717, 1.165) is 17.7 Å². The number of nitriles is 1. The molecular weight excluding hydrogens is 228 g/mol. The van der Waals surface area contributed by atoms with Gasteiger partial charge in [0.25, 0.3) is 5.56 Å². The zero-order valence-corrected chi connectivity index (χ0v) is 11.5. The highest BCUT2D eigenvalue weighted by atomic mass is 16.5. The first-order valence-electron chi connectivity index (χ1n) is 6.20. The highest BCUT2D eigenvalue weighted by Gasteiger charge is 2.09. The minimum atomic E-state index is -0.195. The molecule has 0 amide bonds. The predicted octanol–water partition coefficient (Wildman–Crippen LogP) is 2.15. The lowest BCUT2D eigenvalue weighted by Crippen LogP contribution is -2.26. The third-order valence-corrected chi connectivity index (χ3v) is 2.79. The molecule has 0 N–H and O–H groups in total. The van der Waals surface area contributed by atoms with Gasteiger partial charge in [0.1, 0.15) is 11.6 Å². The van der Waals surface area contributed by atoms with Crippen molar-refractivity contribution in [2.45, 2.75) is 46.8 Å². The van der Waals surface area contributed by atoms with Crippen molar-refractivity contribution >= 4 is 0 Å². The van der Waals surface area contributed by atoms with E-state index in [9.17, 15) is 4.79 Å². The third kappa shape index (κ3) is 3.44. The van der Waals surface area contributed by atoms with E-state index >= 15 is 0 Å². The normalized spacial score (nSPS) is 10.7. The van der Waals surface area contributed by atoms with E-state index in [0.29, 0.717) is 13.2 Å². The Morgan fingerprint density at radius 3 is 2.67 bits per heavy atom. The van der Waals surface area contributed by atoms with Crippen molar-refractivity contribution in [3.8, 4) is 6.07 Å². The van der Waals surface area contributed by atoms with Gasteiger partial charge in [-0.15, -0.1) is 0 Å². The number of hydrogen-bond donors (Lipinski definition) is 0. The zero-order chi connectivity index (χ0) is 13.7. The SMILES string of the molecule is Cc1cc(C)n(CCCOC(C)C)c(=O)c1C#N. The van der Waals surface area contributed by atoms with E-state index in [4.69, 9.17) is 10.00 Å². The lowest BCUT2D eigenvalue weighted by molar-refractivity contribution is 0.0746. The molecule has 4 heteroatoms. The average Bonchev–Trinajstić information content (AvgIpc) is 2.27. The molecule has 98 valence electrons. The van der Waals surface area contributed by atoms with Crippen LogP contribution >= 0.6 is 0 Å². The Labute approximate surface area is 108 Å². The van der Waals surface area contributed by atoms with Gasteiger partial charge in [0.15, 0.2) is 0 Å². The lowest BCUT2D eigenvalue weighted by atomic mass is 10.1. The standard InChI is InChI=1S/C14H20N2O2/c1-10(2)18-7-5-6-16-12(4)8-11(3)13(9-15)14(16)17/h8,10H,5-7H2,1-4H3. The molecule has 0 bridgehead atoms. The van der Waals surface area contributed by atoms with E-state index in [-0.39, 0.29) is 17.2 Å². The minimum absolute atomic E-state index is 0.195. The third-order valence-electron chi connectivity index (χ3n) is 2.79. The molecule has 18 heavy (non-hydrogen) atoms. The van der Waals surface area contributed by atoms with E-state index < -0.39 is 0 Å². The number of ether oxygens (including phenoxy) is 1. The number of rotatable bonds is 5. The van der Waals surface area contributed by atoms with Gasteiger partial charge in [0.05, 0.1) is 6.10 Å². The fraction of sp³-hybridized carbons (Fsp3) is 0.571. The first kappa shape index (κ1) is 14.5. The molecule has 1 heterocycles. The number of aryl methyl sites for hydroxylation is 2. The monoisotopic (exact) mass is 248 g/mol. The van der Waals surface area contributed by atoms with E-state index in [1.54, 1.807) is 11.5 Å². The molecule has 0 aliphatic heterocycles. The minimum Gasteiger partial charge on any atom is -0.379 e. The van der Waals surface area contributed by atoms with E-state index in [2.05, 4.69) is 0 Å². The maximum atomic E-state index is 12.1. The first-order valence-corrected chi connectivity index (χ1v) is 6.20. The van der Waals surface area contributed by atoms with Gasteiger partial charge >= 0.3 is 0 Å². The summed E-state index contributed by atoms with van der Waals surface area (Å²) >= 11 is 0. The second-order valence-corrected chi connectivity index (χ2v) is 4.69. The summed E-state index contributed by atoms with van der Waals surface area (Å²) in [4.78, 5) is 12.1. The first-order chi connectivity index (χ1) is 8.47. The Hall–Kier alpha value is -1.60. The lowest BCUT2D eigenvalue weighted by Gasteiger charge is -2.12. The van der Waals surface area contributed by atoms with Gasteiger partial charge in [0.2, 0.25) is 0 Å². The molecule has 0 aromatic carbocycles. The van der Waals surface area contributed by atoms with Crippen LogP contribution in [0.4, 0.5) is 0 Å². The molecule has 0 saturated heterocycles. The second-order valence-electron chi connectivity index (χ2n) is 4.69. The van der Waals surface area contributed by atoms with Crippen LogP contribution in [-0.2, 0) is 11.3 Å². The molecule has 0 unspecified atom stereocenters. The summed E-state index contributed by atoms with van der Waals surface area (Å²) in [5.74, 6) is 0. The molecule has 0 atom stereocenters. The van der Waals surface area contributed by atoms with Gasteiger partial charge in [0, 0.05) is 18.8 Å². The average molecular weight is 248 g/mol. The van der Waals surface area contributed by atoms with Crippen LogP contribution < -0.4 is 5.56 Å². The van der Waals surface area contributed by atoms with Crippen molar-refractivity contribution in [1.82, 2.24) is 4.57 Å². The van der Waals surface area contributed by atoms with Crippen LogP contribution in [0.15, 0.2) is 10.9 Å². The van der Waals surface area contributed by atoms with Crippen molar-refractivity contribution in [2.24, 2.45) is 0 Å². The Balaban J connectivity index is 2.84. The van der Waals surface area contributed by atoms with Gasteiger partial charge in [-0.3, -0.25) is 4.79 Å². The molecule has 0 radical (unpaired) electrons. The van der Waals surface area contributed by atoms with Gasteiger partial charge in [-0.2, -0.15) is 5.26 Å². The quantitative estimate of drug-likeness (QED) is 0.750. The summed E-state index contributed by atoms with van der Waals surface area (Å²) in [6.07, 6.45) is 0.975. The maximum absolute atomic E-state index is 12.1. The van der Waals surface area contributed by atoms with Crippen LogP contribution in [-0.4, -0.2) is 17.3 Å². The summed E-state index contributed by atoms with van der Waals surface area (Å²) in [5.41, 5.74) is 1.68. The molecule has 1 aromatic rings. The highest BCUT2D eigenvalue weighted by Crippen LogP contribution is 2.06. The van der Waals surface area contributed by atoms with E-state index in [1.807, 2.05) is 32.9 Å². The highest BCUT2D eigenvalue weighted by molar-refractivity contribution is 5.36. The molecular formula is C14H20N2O2. The largest absolute Gasteiger partial charge is 0.379 e. The molecule has 0 fully saturated rings. The smallest absolute Gasteiger partial charge is 0.268 e. The van der Waals surface area contributed by atoms with Gasteiger partial charge in [-0.25, -0.2) is 0 Å². The van der Waals surface area contributed by atoms with Gasteiger partial charge in [-0.05, 0) is 45.7 Å². The second kappa shape index (κ2) is 6.36. The fourth-order valence-electron chi connectivity index (χ4n) is 1.88. The Morgan fingerprint density at radius 2 is 2.11 bits per heavy atom. The Kier molecular flexibility index (Phi) is 5.11. The Morgan fingerprint density at radius 1 is 1.44 bits per heavy atom. The number of hydrogen-bond acceptors (Lipinski definition) is 3. The van der Waals surface area contributed by atoms with Crippen LogP contribution in [0.3, 0.4) is 0 Å². The fourth-order valence-corrected chi connectivity index (χ4v) is 1.88. The van der Waals surface area contributed by atoms with Crippen LogP contribution in [0.2, 0.25) is 0 Å². The molecule has 1 aromatic heterocycles. The van der Waals surface area contributed by atoms with Crippen molar-refractivity contribution in [3.63, 3.8) is 0 Å². The number of nitrogens with zero attached hydrogens (tertiary/aromatic N) is 2. The van der Waals surface area contributed by atoms with Crippen LogP contribution in [0.25, 0.3) is 0 Å². The molecule has 0 aliphatic carbocycles. The van der Waals surface area contributed by atoms with Gasteiger partial charge in [-0.1, -0.05) is 0 Å². The summed E-state index contributed by atoms with van der Waals surface area (Å²) in [6.45, 7) is 8.86. The van der Waals surface area contributed by atoms with Crippen molar-refractivity contribution in [2.75, 3.05) is 6.61 Å². The van der Waals surface area contributed by atoms with Crippen molar-refractivity contribution in [3.05, 3.63) is 33.2 Å². The Bertz CT molecular complexity index is 510. The van der Waals surface area contributed by atoms with Crippen LogP contribution in [0.5, 0.6) is 0 Å². The number of aromatic nitrogens is 1. The summed E-state index contributed by atoms with van der Waals surface area (Å²) in [7, 11) is 0. The van der Waals surface area contributed by atoms with Crippen molar-refractivity contribution in [1.29, 1.82) is 5.26 Å².